The molecule has 4 heteroatoms. The summed E-state index contributed by atoms with van der Waals surface area (Å²) < 4.78 is 0. The minimum atomic E-state index is -0.826. The van der Waals surface area contributed by atoms with Gasteiger partial charge in [0.15, 0.2) is 0 Å². The third-order valence-electron chi connectivity index (χ3n) is 7.14. The molecule has 0 aliphatic heterocycles. The number of benzene rings is 4. The van der Waals surface area contributed by atoms with Crippen LogP contribution < -0.4 is 0 Å². The van der Waals surface area contributed by atoms with E-state index in [1.807, 2.05) is 60.7 Å². The van der Waals surface area contributed by atoms with Gasteiger partial charge < -0.3 is 0 Å². The number of fused-ring (bicyclic) bond motifs is 2. The zero-order valence-electron chi connectivity index (χ0n) is 28.9. The summed E-state index contributed by atoms with van der Waals surface area (Å²) in [6.45, 7) is 13.3. The molecule has 0 fully saturated rings. The second-order valence-corrected chi connectivity index (χ2v) is 17.1. The van der Waals surface area contributed by atoms with Crippen LogP contribution in [0.1, 0.15) is 61.1 Å². The molecular formula is C44H44Cl2SiZr. The number of hydrogen-bond acceptors (Lipinski definition) is 0. The van der Waals surface area contributed by atoms with Gasteiger partial charge in [-0.15, -0.1) is 69.1 Å². The molecule has 0 bridgehead atoms. The van der Waals surface area contributed by atoms with Crippen LogP contribution in [0.25, 0.3) is 21.5 Å². The third kappa shape index (κ3) is 13.4. The molecule has 48 heavy (non-hydrogen) atoms. The van der Waals surface area contributed by atoms with Crippen LogP contribution in [0.4, 0.5) is 0 Å². The van der Waals surface area contributed by atoms with E-state index in [4.69, 9.17) is 17.0 Å². The van der Waals surface area contributed by atoms with Gasteiger partial charge in [0.25, 0.3) is 0 Å². The van der Waals surface area contributed by atoms with Gasteiger partial charge in [0, 0.05) is 20.6 Å². The quantitative estimate of drug-likeness (QED) is 0.0953. The summed E-state index contributed by atoms with van der Waals surface area (Å²) in [5.41, 5.74) is 7.17. The molecular weight excluding hydrogens is 719 g/mol. The first-order chi connectivity index (χ1) is 23.3. The summed E-state index contributed by atoms with van der Waals surface area (Å²) in [5, 5.41) is 5.14. The maximum atomic E-state index is 4.93. The molecule has 0 amide bonds. The van der Waals surface area contributed by atoms with Gasteiger partial charge in [0.2, 0.25) is 0 Å². The summed E-state index contributed by atoms with van der Waals surface area (Å²) in [6.07, 6.45) is 2.25. The van der Waals surface area contributed by atoms with Gasteiger partial charge in [0.1, 0.15) is 0 Å². The van der Waals surface area contributed by atoms with E-state index in [1.165, 1.54) is 32.7 Å². The Hall–Kier alpha value is -3.10. The Morgan fingerprint density at radius 3 is 1.25 bits per heavy atom. The monoisotopic (exact) mass is 760 g/mol. The Bertz CT molecular complexity index is 1780. The van der Waals surface area contributed by atoms with Gasteiger partial charge in [-0.3, -0.25) is 0 Å². The van der Waals surface area contributed by atoms with Gasteiger partial charge in [-0.05, 0) is 60.1 Å². The van der Waals surface area contributed by atoms with Crippen LogP contribution in [0, 0.1) is 35.5 Å². The molecule has 0 aliphatic rings. The van der Waals surface area contributed by atoms with Gasteiger partial charge >= 0.3 is 37.9 Å². The molecule has 0 saturated carbocycles. The summed E-state index contributed by atoms with van der Waals surface area (Å²) in [7, 11) is 11.0. The van der Waals surface area contributed by atoms with Crippen molar-refractivity contribution in [1.82, 2.24) is 0 Å². The van der Waals surface area contributed by atoms with Crippen molar-refractivity contribution in [1.29, 1.82) is 0 Å². The average molecular weight is 763 g/mol. The summed E-state index contributed by atoms with van der Waals surface area (Å²) in [4.78, 5) is 0. The van der Waals surface area contributed by atoms with Crippen molar-refractivity contribution in [2.45, 2.75) is 53.6 Å². The first kappa shape index (κ1) is 39.3. The first-order valence-electron chi connectivity index (χ1n) is 16.3. The predicted molar refractivity (Wildman–Crippen MR) is 210 cm³/mol. The summed E-state index contributed by atoms with van der Waals surface area (Å²) in [5.74, 6) is 14.5. The van der Waals surface area contributed by atoms with Crippen molar-refractivity contribution in [2.24, 2.45) is 11.8 Å². The molecule has 0 aromatic heterocycles. The van der Waals surface area contributed by atoms with Gasteiger partial charge in [0.05, 0.1) is 0 Å². The fraction of sp³-hybridized carbons (Fsp3) is 0.227. The Morgan fingerprint density at radius 1 is 0.562 bits per heavy atom. The second kappa shape index (κ2) is 21.8. The van der Waals surface area contributed by atoms with E-state index in [0.717, 1.165) is 44.6 Å². The number of rotatable bonds is 4. The topological polar surface area (TPSA) is 0 Å². The van der Waals surface area contributed by atoms with Crippen molar-refractivity contribution in [3.05, 3.63) is 155 Å². The minimum absolute atomic E-state index is 0.681. The van der Waals surface area contributed by atoms with Crippen LogP contribution in [0.15, 0.2) is 121 Å². The zero-order valence-corrected chi connectivity index (χ0v) is 33.8. The van der Waals surface area contributed by atoms with Gasteiger partial charge in [-0.1, -0.05) is 113 Å². The predicted octanol–water partition coefficient (Wildman–Crippen LogP) is 12.5. The van der Waals surface area contributed by atoms with Crippen molar-refractivity contribution in [2.75, 3.05) is 0 Å². The van der Waals surface area contributed by atoms with Crippen LogP contribution in [0.3, 0.4) is 0 Å². The van der Waals surface area contributed by atoms with Crippen molar-refractivity contribution < 1.29 is 20.8 Å². The van der Waals surface area contributed by atoms with Crippen LogP contribution in [0.2, 0.25) is 13.1 Å². The van der Waals surface area contributed by atoms with Crippen LogP contribution in [-0.4, -0.2) is 9.52 Å². The molecule has 0 saturated heterocycles. The molecule has 0 nitrogen and oxygen atoms in total. The maximum absolute atomic E-state index is 4.93. The molecule has 0 atom stereocenters. The van der Waals surface area contributed by atoms with E-state index in [2.05, 4.69) is 125 Å². The van der Waals surface area contributed by atoms with E-state index in [-0.39, 0.29) is 0 Å². The van der Waals surface area contributed by atoms with E-state index in [0.29, 0.717) is 11.8 Å². The van der Waals surface area contributed by atoms with Gasteiger partial charge in [-0.25, -0.2) is 0 Å². The van der Waals surface area contributed by atoms with E-state index < -0.39 is 20.8 Å². The molecule has 0 aliphatic carbocycles. The molecule has 6 rings (SSSR count). The molecule has 0 spiro atoms. The Kier molecular flexibility index (Phi) is 17.9. The molecule has 6 aromatic carbocycles. The fourth-order valence-corrected chi connectivity index (χ4v) is 5.31. The molecule has 0 N–H and O–H groups in total. The Balaban J connectivity index is 0.000000224. The second-order valence-electron chi connectivity index (χ2n) is 12.3. The van der Waals surface area contributed by atoms with Crippen molar-refractivity contribution >= 4 is 48.1 Å². The fourth-order valence-electron chi connectivity index (χ4n) is 5.31. The van der Waals surface area contributed by atoms with Crippen LogP contribution in [-0.2, 0) is 33.7 Å². The first-order valence-corrected chi connectivity index (χ1v) is 24.7. The molecule has 0 unspecified atom stereocenters. The van der Waals surface area contributed by atoms with E-state index in [1.54, 1.807) is 0 Å². The van der Waals surface area contributed by atoms with E-state index in [9.17, 15) is 0 Å². The standard InChI is InChI=1S/2C21H19.C2H6Si.2ClH.Zr/c2*1-16(2)13-18-14-20-10-6-9-19(21(20)15-18)12-11-17-7-4-3-5-8-17;1-3-2;;;/h2*3-10,14-16H,13H2,1-2H3;1-2H3;2*1H;/q2*-1;;;;+4/p-2. The van der Waals surface area contributed by atoms with E-state index >= 15 is 0 Å². The SMILES string of the molecule is CC(C)Cc1cc2c(C#Cc3ccccc3)cccc2[cH-]1.CC(C)Cc1cc2c(C#Cc3ccccc3)cccc2[cH-]1.C[Si]C.[Cl][Zr+2][Cl]. The normalized spacial score (nSPS) is 9.88. The number of halogens is 2. The molecule has 6 aromatic rings. The molecule has 0 heterocycles. The van der Waals surface area contributed by atoms with Crippen molar-refractivity contribution in [3.8, 4) is 23.7 Å². The van der Waals surface area contributed by atoms with Gasteiger partial charge in [-0.2, -0.15) is 12.1 Å². The Labute approximate surface area is 310 Å². The van der Waals surface area contributed by atoms with Crippen LogP contribution in [0.5, 0.6) is 0 Å². The zero-order chi connectivity index (χ0) is 34.7. The number of hydrogen-bond donors (Lipinski definition) is 0. The summed E-state index contributed by atoms with van der Waals surface area (Å²) >= 11 is -0.826. The van der Waals surface area contributed by atoms with Crippen LogP contribution >= 0.6 is 17.0 Å². The summed E-state index contributed by atoms with van der Waals surface area (Å²) in [6, 6.07) is 42.2. The Morgan fingerprint density at radius 2 is 0.917 bits per heavy atom. The molecule has 2 radical (unpaired) electrons. The molecule has 242 valence electrons. The van der Waals surface area contributed by atoms with Crippen molar-refractivity contribution in [3.63, 3.8) is 0 Å². The average Bonchev–Trinajstić information content (AvgIpc) is 3.68. The third-order valence-corrected chi connectivity index (χ3v) is 7.14.